The Bertz CT molecular complexity index is 609. The third-order valence-corrected chi connectivity index (χ3v) is 3.77. The highest BCUT2D eigenvalue weighted by molar-refractivity contribution is 5.82. The van der Waals surface area contributed by atoms with Gasteiger partial charge in [-0.2, -0.15) is 0 Å². The number of aryl methyl sites for hydroxylation is 2. The summed E-state index contributed by atoms with van der Waals surface area (Å²) >= 11 is 0. The zero-order valence-corrected chi connectivity index (χ0v) is 10.4. The Morgan fingerprint density at radius 3 is 2.53 bits per heavy atom. The number of hydrogen-bond acceptors (Lipinski definition) is 1. The largest absolute Gasteiger partial charge is 0.381 e. The van der Waals surface area contributed by atoms with Gasteiger partial charge in [-0.3, -0.25) is 0 Å². The van der Waals surface area contributed by atoms with Crippen molar-refractivity contribution in [2.24, 2.45) is 0 Å². The third-order valence-electron chi connectivity index (χ3n) is 3.77. The molecule has 1 unspecified atom stereocenters. The third kappa shape index (κ3) is 1.29. The fourth-order valence-electron chi connectivity index (χ4n) is 2.85. The standard InChI is InChI=1S/C16H16O/c1-10-7-8-12-14(9-10)16(3,17)13-6-4-5-11(2)15(12)13/h4-9,17H,1-3H3. The van der Waals surface area contributed by atoms with E-state index in [9.17, 15) is 5.11 Å². The Morgan fingerprint density at radius 2 is 1.76 bits per heavy atom. The Kier molecular flexibility index (Phi) is 1.99. The van der Waals surface area contributed by atoms with E-state index in [0.717, 1.165) is 11.1 Å². The van der Waals surface area contributed by atoms with Crippen LogP contribution < -0.4 is 0 Å². The van der Waals surface area contributed by atoms with Crippen molar-refractivity contribution in [3.8, 4) is 11.1 Å². The average molecular weight is 224 g/mol. The van der Waals surface area contributed by atoms with Gasteiger partial charge in [0.15, 0.2) is 0 Å². The van der Waals surface area contributed by atoms with Crippen molar-refractivity contribution in [1.29, 1.82) is 0 Å². The molecule has 1 N–H and O–H groups in total. The molecule has 86 valence electrons. The summed E-state index contributed by atoms with van der Waals surface area (Å²) in [6.45, 7) is 6.05. The lowest BCUT2D eigenvalue weighted by atomic mass is 9.93. The highest BCUT2D eigenvalue weighted by atomic mass is 16.3. The van der Waals surface area contributed by atoms with Gasteiger partial charge in [-0.15, -0.1) is 0 Å². The molecule has 0 bridgehead atoms. The Balaban J connectivity index is 2.43. The summed E-state index contributed by atoms with van der Waals surface area (Å²) in [4.78, 5) is 0. The molecule has 0 amide bonds. The van der Waals surface area contributed by atoms with Gasteiger partial charge in [0.2, 0.25) is 0 Å². The van der Waals surface area contributed by atoms with Crippen molar-refractivity contribution in [2.45, 2.75) is 26.4 Å². The van der Waals surface area contributed by atoms with E-state index >= 15 is 0 Å². The highest BCUT2D eigenvalue weighted by Crippen LogP contribution is 2.48. The average Bonchev–Trinajstić information content (AvgIpc) is 2.50. The van der Waals surface area contributed by atoms with Crippen LogP contribution in [-0.2, 0) is 5.60 Å². The number of hydrogen-bond donors (Lipinski definition) is 1. The quantitative estimate of drug-likeness (QED) is 0.725. The second kappa shape index (κ2) is 3.21. The Labute approximate surface area is 102 Å². The molecule has 1 atom stereocenters. The SMILES string of the molecule is Cc1ccc2c(c1)C(C)(O)c1cccc(C)c1-2. The van der Waals surface area contributed by atoms with Gasteiger partial charge in [0.1, 0.15) is 5.60 Å². The minimum Gasteiger partial charge on any atom is -0.381 e. The van der Waals surface area contributed by atoms with Gasteiger partial charge in [0, 0.05) is 0 Å². The summed E-state index contributed by atoms with van der Waals surface area (Å²) in [7, 11) is 0. The molecule has 1 aliphatic rings. The van der Waals surface area contributed by atoms with Crippen LogP contribution in [0.2, 0.25) is 0 Å². The topological polar surface area (TPSA) is 20.2 Å². The monoisotopic (exact) mass is 224 g/mol. The predicted molar refractivity (Wildman–Crippen MR) is 70.0 cm³/mol. The molecule has 1 nitrogen and oxygen atoms in total. The molecule has 0 saturated carbocycles. The Morgan fingerprint density at radius 1 is 1.00 bits per heavy atom. The second-order valence-electron chi connectivity index (χ2n) is 5.12. The van der Waals surface area contributed by atoms with Gasteiger partial charge in [-0.1, -0.05) is 42.0 Å². The summed E-state index contributed by atoms with van der Waals surface area (Å²) in [5.74, 6) is 0. The fourth-order valence-corrected chi connectivity index (χ4v) is 2.85. The summed E-state index contributed by atoms with van der Waals surface area (Å²) < 4.78 is 0. The molecule has 0 heterocycles. The molecule has 1 heteroatoms. The van der Waals surface area contributed by atoms with Gasteiger partial charge in [-0.25, -0.2) is 0 Å². The molecule has 2 aromatic carbocycles. The van der Waals surface area contributed by atoms with Gasteiger partial charge in [-0.05, 0) is 48.6 Å². The highest BCUT2D eigenvalue weighted by Gasteiger charge is 2.37. The van der Waals surface area contributed by atoms with Gasteiger partial charge >= 0.3 is 0 Å². The summed E-state index contributed by atoms with van der Waals surface area (Å²) in [5.41, 5.74) is 5.99. The minimum absolute atomic E-state index is 0.858. The first kappa shape index (κ1) is 10.5. The summed E-state index contributed by atoms with van der Waals surface area (Å²) in [5, 5.41) is 10.7. The molecular formula is C16H16O. The van der Waals surface area contributed by atoms with E-state index in [1.807, 2.05) is 19.1 Å². The van der Waals surface area contributed by atoms with Crippen LogP contribution in [0.4, 0.5) is 0 Å². The second-order valence-corrected chi connectivity index (χ2v) is 5.12. The predicted octanol–water partition coefficient (Wildman–Crippen LogP) is 3.54. The maximum Gasteiger partial charge on any atom is 0.113 e. The van der Waals surface area contributed by atoms with E-state index in [1.54, 1.807) is 0 Å². The van der Waals surface area contributed by atoms with Crippen LogP contribution >= 0.6 is 0 Å². The maximum atomic E-state index is 10.7. The lowest BCUT2D eigenvalue weighted by molar-refractivity contribution is 0.107. The maximum absolute atomic E-state index is 10.7. The van der Waals surface area contributed by atoms with Crippen molar-refractivity contribution >= 4 is 0 Å². The minimum atomic E-state index is -0.858. The number of rotatable bonds is 0. The number of aliphatic hydroxyl groups is 1. The molecule has 0 radical (unpaired) electrons. The van der Waals surface area contributed by atoms with Gasteiger partial charge in [0.25, 0.3) is 0 Å². The molecule has 17 heavy (non-hydrogen) atoms. The number of benzene rings is 2. The zero-order valence-electron chi connectivity index (χ0n) is 10.4. The van der Waals surface area contributed by atoms with Crippen LogP contribution in [-0.4, -0.2) is 5.11 Å². The molecule has 3 rings (SSSR count). The van der Waals surface area contributed by atoms with Crippen LogP contribution in [0.3, 0.4) is 0 Å². The van der Waals surface area contributed by atoms with Crippen LogP contribution in [0.15, 0.2) is 36.4 Å². The van der Waals surface area contributed by atoms with E-state index in [2.05, 4.69) is 38.1 Å². The van der Waals surface area contributed by atoms with Crippen molar-refractivity contribution < 1.29 is 5.11 Å². The van der Waals surface area contributed by atoms with E-state index in [0.29, 0.717) is 0 Å². The molecule has 0 spiro atoms. The zero-order chi connectivity index (χ0) is 12.2. The van der Waals surface area contributed by atoms with Gasteiger partial charge < -0.3 is 5.11 Å². The van der Waals surface area contributed by atoms with Crippen LogP contribution in [0.25, 0.3) is 11.1 Å². The smallest absolute Gasteiger partial charge is 0.113 e. The summed E-state index contributed by atoms with van der Waals surface area (Å²) in [6, 6.07) is 12.5. The van der Waals surface area contributed by atoms with Gasteiger partial charge in [0.05, 0.1) is 0 Å². The van der Waals surface area contributed by atoms with E-state index in [4.69, 9.17) is 0 Å². The first-order chi connectivity index (χ1) is 8.01. The fraction of sp³-hybridized carbons (Fsp3) is 0.250. The van der Waals surface area contributed by atoms with E-state index in [1.165, 1.54) is 22.3 Å². The first-order valence-corrected chi connectivity index (χ1v) is 5.96. The van der Waals surface area contributed by atoms with Crippen molar-refractivity contribution in [2.75, 3.05) is 0 Å². The molecule has 0 fully saturated rings. The van der Waals surface area contributed by atoms with Crippen LogP contribution in [0, 0.1) is 13.8 Å². The summed E-state index contributed by atoms with van der Waals surface area (Å²) in [6.07, 6.45) is 0. The van der Waals surface area contributed by atoms with Crippen LogP contribution in [0.5, 0.6) is 0 Å². The molecular weight excluding hydrogens is 208 g/mol. The van der Waals surface area contributed by atoms with E-state index in [-0.39, 0.29) is 0 Å². The number of fused-ring (bicyclic) bond motifs is 3. The normalized spacial score (nSPS) is 21.2. The first-order valence-electron chi connectivity index (χ1n) is 5.96. The van der Waals surface area contributed by atoms with Crippen molar-refractivity contribution in [3.05, 3.63) is 58.7 Å². The molecule has 0 aromatic heterocycles. The lowest BCUT2D eigenvalue weighted by Crippen LogP contribution is -2.19. The van der Waals surface area contributed by atoms with E-state index < -0.39 is 5.60 Å². The molecule has 1 aliphatic carbocycles. The molecule has 0 saturated heterocycles. The van der Waals surface area contributed by atoms with Crippen molar-refractivity contribution in [3.63, 3.8) is 0 Å². The van der Waals surface area contributed by atoms with Crippen molar-refractivity contribution in [1.82, 2.24) is 0 Å². The lowest BCUT2D eigenvalue weighted by Gasteiger charge is -2.20. The van der Waals surface area contributed by atoms with Crippen LogP contribution in [0.1, 0.15) is 29.2 Å². The Hall–Kier alpha value is -1.60. The molecule has 2 aromatic rings. The molecule has 0 aliphatic heterocycles.